The molecule has 1 rings (SSSR count). The van der Waals surface area contributed by atoms with Crippen molar-refractivity contribution in [3.8, 4) is 0 Å². The maximum absolute atomic E-state index is 12.9. The number of alkyl halides is 3. The molecular weight excluding hydrogens is 315 g/mol. The minimum atomic E-state index is -4.99. The van der Waals surface area contributed by atoms with Gasteiger partial charge in [0.05, 0.1) is 0 Å². The van der Waals surface area contributed by atoms with Crippen LogP contribution in [0, 0.1) is 0 Å². The van der Waals surface area contributed by atoms with Crippen LogP contribution >= 0.6 is 0 Å². The first-order chi connectivity index (χ1) is 10.5. The number of ether oxygens (including phenoxy) is 2. The van der Waals surface area contributed by atoms with E-state index in [0.29, 0.717) is 5.56 Å². The lowest BCUT2D eigenvalue weighted by molar-refractivity contribution is -0.191. The van der Waals surface area contributed by atoms with Crippen LogP contribution in [0.5, 0.6) is 0 Å². The molecule has 0 saturated heterocycles. The van der Waals surface area contributed by atoms with Crippen molar-refractivity contribution in [2.24, 2.45) is 0 Å². The standard InChI is InChI=1S/C15H18F3NO4/c1-14(2,3)23-12(20)11(15(16,17)18)19-13(21)22-9-10-7-5-4-6-8-10/h4-8,11H,9H2,1-3H3,(H,19,21). The smallest absolute Gasteiger partial charge is 0.419 e. The molecule has 1 aromatic rings. The molecule has 1 N–H and O–H groups in total. The molecule has 0 radical (unpaired) electrons. The summed E-state index contributed by atoms with van der Waals surface area (Å²) < 4.78 is 48.0. The van der Waals surface area contributed by atoms with Crippen LogP contribution in [0.1, 0.15) is 26.3 Å². The first kappa shape index (κ1) is 18.8. The van der Waals surface area contributed by atoms with Crippen molar-refractivity contribution < 1.29 is 32.2 Å². The van der Waals surface area contributed by atoms with Crippen molar-refractivity contribution in [2.45, 2.75) is 45.2 Å². The van der Waals surface area contributed by atoms with Gasteiger partial charge in [-0.25, -0.2) is 9.59 Å². The summed E-state index contributed by atoms with van der Waals surface area (Å²) in [5.74, 6) is -1.60. The Balaban J connectivity index is 2.66. The van der Waals surface area contributed by atoms with Crippen LogP contribution in [0.2, 0.25) is 0 Å². The van der Waals surface area contributed by atoms with Crippen LogP contribution < -0.4 is 5.32 Å². The van der Waals surface area contributed by atoms with E-state index in [1.54, 1.807) is 30.3 Å². The Kier molecular flexibility index (Phi) is 6.00. The summed E-state index contributed by atoms with van der Waals surface area (Å²) in [6.45, 7) is 4.05. The van der Waals surface area contributed by atoms with Gasteiger partial charge in [0.1, 0.15) is 12.2 Å². The van der Waals surface area contributed by atoms with Crippen molar-refractivity contribution in [1.29, 1.82) is 0 Å². The lowest BCUT2D eigenvalue weighted by Gasteiger charge is -2.25. The molecule has 1 amide bonds. The third-order valence-corrected chi connectivity index (χ3v) is 2.44. The second kappa shape index (κ2) is 7.34. The molecule has 23 heavy (non-hydrogen) atoms. The molecule has 1 unspecified atom stereocenters. The molecule has 0 aliphatic carbocycles. The average Bonchev–Trinajstić information content (AvgIpc) is 2.40. The monoisotopic (exact) mass is 333 g/mol. The number of halogens is 3. The predicted octanol–water partition coefficient (Wildman–Crippen LogP) is 3.19. The van der Waals surface area contributed by atoms with Crippen LogP contribution in [-0.4, -0.2) is 29.9 Å². The molecule has 0 fully saturated rings. The van der Waals surface area contributed by atoms with E-state index >= 15 is 0 Å². The van der Waals surface area contributed by atoms with Gasteiger partial charge in [0.2, 0.25) is 6.04 Å². The summed E-state index contributed by atoms with van der Waals surface area (Å²) in [5, 5.41) is 1.49. The molecule has 0 bridgehead atoms. The van der Waals surface area contributed by atoms with Crippen LogP contribution in [0.15, 0.2) is 30.3 Å². The lowest BCUT2D eigenvalue weighted by Crippen LogP contribution is -2.52. The van der Waals surface area contributed by atoms with Gasteiger partial charge >= 0.3 is 18.2 Å². The summed E-state index contributed by atoms with van der Waals surface area (Å²) in [5.41, 5.74) is -0.514. The Labute approximate surface area is 131 Å². The minimum absolute atomic E-state index is 0.217. The van der Waals surface area contributed by atoms with E-state index in [-0.39, 0.29) is 6.61 Å². The third-order valence-electron chi connectivity index (χ3n) is 2.44. The molecule has 0 spiro atoms. The van der Waals surface area contributed by atoms with E-state index in [4.69, 9.17) is 0 Å². The number of hydrogen-bond acceptors (Lipinski definition) is 4. The first-order valence-corrected chi connectivity index (χ1v) is 6.76. The largest absolute Gasteiger partial charge is 0.458 e. The van der Waals surface area contributed by atoms with Crippen molar-refractivity contribution >= 4 is 12.1 Å². The number of benzene rings is 1. The fourth-order valence-corrected chi connectivity index (χ4v) is 1.52. The van der Waals surface area contributed by atoms with Gasteiger partial charge < -0.3 is 9.47 Å². The molecule has 0 saturated carbocycles. The highest BCUT2D eigenvalue weighted by Gasteiger charge is 2.48. The zero-order chi connectivity index (χ0) is 17.7. The van der Waals surface area contributed by atoms with E-state index < -0.39 is 29.9 Å². The first-order valence-electron chi connectivity index (χ1n) is 6.76. The Morgan fingerprint density at radius 1 is 1.13 bits per heavy atom. The number of nitrogens with one attached hydrogen (secondary N) is 1. The van der Waals surface area contributed by atoms with Crippen molar-refractivity contribution in [3.05, 3.63) is 35.9 Å². The topological polar surface area (TPSA) is 64.6 Å². The zero-order valence-electron chi connectivity index (χ0n) is 12.9. The highest BCUT2D eigenvalue weighted by molar-refractivity contribution is 5.82. The van der Waals surface area contributed by atoms with Crippen molar-refractivity contribution in [2.75, 3.05) is 0 Å². The van der Waals surface area contributed by atoms with Gasteiger partial charge in [0.15, 0.2) is 0 Å². The maximum Gasteiger partial charge on any atom is 0.419 e. The molecule has 5 nitrogen and oxygen atoms in total. The molecule has 8 heteroatoms. The molecule has 0 heterocycles. The van der Waals surface area contributed by atoms with Gasteiger partial charge in [0.25, 0.3) is 0 Å². The SMILES string of the molecule is CC(C)(C)OC(=O)C(NC(=O)OCc1ccccc1)C(F)(F)F. The van der Waals surface area contributed by atoms with Gasteiger partial charge in [-0.05, 0) is 26.3 Å². The quantitative estimate of drug-likeness (QED) is 0.860. The number of carbonyl (C=O) groups excluding carboxylic acids is 2. The minimum Gasteiger partial charge on any atom is -0.458 e. The molecule has 0 aromatic heterocycles. The second-order valence-corrected chi connectivity index (χ2v) is 5.71. The number of carbonyl (C=O) groups is 2. The molecule has 0 aliphatic heterocycles. The van der Waals surface area contributed by atoms with E-state index in [9.17, 15) is 22.8 Å². The molecule has 0 aliphatic rings. The lowest BCUT2D eigenvalue weighted by atomic mass is 10.2. The highest BCUT2D eigenvalue weighted by atomic mass is 19.4. The van der Waals surface area contributed by atoms with E-state index in [0.717, 1.165) is 0 Å². The Morgan fingerprint density at radius 3 is 2.17 bits per heavy atom. The Hall–Kier alpha value is -2.25. The van der Waals surface area contributed by atoms with Crippen molar-refractivity contribution in [3.63, 3.8) is 0 Å². The summed E-state index contributed by atoms with van der Waals surface area (Å²) in [4.78, 5) is 23.1. The summed E-state index contributed by atoms with van der Waals surface area (Å²) >= 11 is 0. The van der Waals surface area contributed by atoms with Crippen LogP contribution in [-0.2, 0) is 20.9 Å². The normalized spacial score (nSPS) is 13.1. The van der Waals surface area contributed by atoms with E-state index in [1.807, 2.05) is 0 Å². The van der Waals surface area contributed by atoms with Crippen LogP contribution in [0.3, 0.4) is 0 Å². The Bertz CT molecular complexity index is 538. The number of hydrogen-bond donors (Lipinski definition) is 1. The fraction of sp³-hybridized carbons (Fsp3) is 0.467. The molecule has 1 atom stereocenters. The van der Waals surface area contributed by atoms with Gasteiger partial charge in [-0.1, -0.05) is 30.3 Å². The number of esters is 1. The zero-order valence-corrected chi connectivity index (χ0v) is 12.9. The fourth-order valence-electron chi connectivity index (χ4n) is 1.52. The van der Waals surface area contributed by atoms with Gasteiger partial charge in [-0.2, -0.15) is 13.2 Å². The summed E-state index contributed by atoms with van der Waals surface area (Å²) in [6.07, 6.45) is -6.35. The van der Waals surface area contributed by atoms with Gasteiger partial charge in [-0.15, -0.1) is 0 Å². The highest BCUT2D eigenvalue weighted by Crippen LogP contribution is 2.23. The Morgan fingerprint density at radius 2 is 1.70 bits per heavy atom. The second-order valence-electron chi connectivity index (χ2n) is 5.71. The number of rotatable bonds is 4. The summed E-state index contributed by atoms with van der Waals surface area (Å²) in [6, 6.07) is 5.62. The molecular formula is C15H18F3NO4. The molecule has 1 aromatic carbocycles. The predicted molar refractivity (Wildman–Crippen MR) is 75.5 cm³/mol. The van der Waals surface area contributed by atoms with Gasteiger partial charge in [-0.3, -0.25) is 5.32 Å². The average molecular weight is 333 g/mol. The number of alkyl carbamates (subject to hydrolysis) is 1. The van der Waals surface area contributed by atoms with Crippen molar-refractivity contribution in [1.82, 2.24) is 5.32 Å². The summed E-state index contributed by atoms with van der Waals surface area (Å²) in [7, 11) is 0. The third kappa shape index (κ3) is 7.03. The van der Waals surface area contributed by atoms with Crippen LogP contribution in [0.4, 0.5) is 18.0 Å². The van der Waals surface area contributed by atoms with E-state index in [2.05, 4.69) is 9.47 Å². The maximum atomic E-state index is 12.9. The van der Waals surface area contributed by atoms with Gasteiger partial charge in [0, 0.05) is 0 Å². The van der Waals surface area contributed by atoms with Crippen LogP contribution in [0.25, 0.3) is 0 Å². The number of amides is 1. The molecule has 128 valence electrons. The van der Waals surface area contributed by atoms with E-state index in [1.165, 1.54) is 26.1 Å².